The molecule has 0 atom stereocenters. The van der Waals surface area contributed by atoms with Crippen LogP contribution < -0.4 is 15.8 Å². The summed E-state index contributed by atoms with van der Waals surface area (Å²) in [6.45, 7) is 2.28. The second-order valence-electron chi connectivity index (χ2n) is 4.24. The van der Waals surface area contributed by atoms with Crippen molar-refractivity contribution in [1.82, 2.24) is 9.88 Å². The summed E-state index contributed by atoms with van der Waals surface area (Å²) >= 11 is 0. The molecule has 0 aliphatic rings. The minimum absolute atomic E-state index is 0.0582. The normalized spacial score (nSPS) is 11.5. The van der Waals surface area contributed by atoms with Crippen LogP contribution in [0, 0.1) is 6.92 Å². The van der Waals surface area contributed by atoms with Crippen molar-refractivity contribution in [1.29, 1.82) is 0 Å². The molecule has 4 N–H and O–H groups in total. The van der Waals surface area contributed by atoms with Crippen LogP contribution in [-0.4, -0.2) is 20.6 Å². The number of aryl methyl sites for hydroxylation is 1. The van der Waals surface area contributed by atoms with E-state index in [4.69, 9.17) is 10.3 Å². The minimum atomic E-state index is -3.54. The van der Waals surface area contributed by atoms with Crippen molar-refractivity contribution in [3.8, 4) is 0 Å². The molecule has 0 saturated heterocycles. The summed E-state index contributed by atoms with van der Waals surface area (Å²) in [5, 5.41) is 6.94. The Morgan fingerprint density at radius 2 is 2.10 bits per heavy atom. The van der Waals surface area contributed by atoms with E-state index in [1.165, 1.54) is 13.1 Å². The van der Waals surface area contributed by atoms with Crippen molar-refractivity contribution in [2.24, 2.45) is 0 Å². The number of aromatic nitrogens is 1. The largest absolute Gasteiger partial charge is 0.398 e. The summed E-state index contributed by atoms with van der Waals surface area (Å²) in [7, 11) is -2.20. The molecule has 0 fully saturated rings. The van der Waals surface area contributed by atoms with Crippen LogP contribution in [0.4, 0.5) is 11.4 Å². The average molecular weight is 296 g/mol. The van der Waals surface area contributed by atoms with Gasteiger partial charge in [-0.3, -0.25) is 0 Å². The quantitative estimate of drug-likeness (QED) is 0.712. The third kappa shape index (κ3) is 3.09. The first-order chi connectivity index (χ1) is 9.42. The molecule has 1 heterocycles. The van der Waals surface area contributed by atoms with Gasteiger partial charge in [0.25, 0.3) is 0 Å². The fourth-order valence-electron chi connectivity index (χ4n) is 1.71. The highest BCUT2D eigenvalue weighted by Crippen LogP contribution is 2.22. The van der Waals surface area contributed by atoms with Gasteiger partial charge in [0.05, 0.1) is 12.2 Å². The molecule has 108 valence electrons. The van der Waals surface area contributed by atoms with E-state index in [2.05, 4.69) is 15.2 Å². The Balaban J connectivity index is 2.13. The number of nitrogens with two attached hydrogens (primary N) is 1. The summed E-state index contributed by atoms with van der Waals surface area (Å²) in [5.74, 6) is 0.733. The highest BCUT2D eigenvalue weighted by molar-refractivity contribution is 7.89. The van der Waals surface area contributed by atoms with Crippen LogP contribution >= 0.6 is 0 Å². The Labute approximate surface area is 117 Å². The molecule has 1 aromatic heterocycles. The van der Waals surface area contributed by atoms with E-state index in [-0.39, 0.29) is 10.6 Å². The van der Waals surface area contributed by atoms with Crippen LogP contribution in [0.2, 0.25) is 0 Å². The zero-order chi connectivity index (χ0) is 14.8. The van der Waals surface area contributed by atoms with Gasteiger partial charge in [-0.25, -0.2) is 13.1 Å². The molecule has 0 unspecified atom stereocenters. The summed E-state index contributed by atoms with van der Waals surface area (Å²) in [5.41, 5.74) is 7.41. The Morgan fingerprint density at radius 3 is 2.65 bits per heavy atom. The smallest absolute Gasteiger partial charge is 0.242 e. The predicted octanol–water partition coefficient (Wildman–Crippen LogP) is 1.09. The molecule has 0 aliphatic carbocycles. The molecule has 0 aliphatic heterocycles. The summed E-state index contributed by atoms with van der Waals surface area (Å²) in [4.78, 5) is 0.0582. The molecule has 0 saturated carbocycles. The van der Waals surface area contributed by atoms with E-state index in [9.17, 15) is 8.42 Å². The second kappa shape index (κ2) is 5.51. The second-order valence-corrected chi connectivity index (χ2v) is 6.10. The standard InChI is InChI=1S/C12H16N4O3S/c1-8-5-10(16-19-8)7-15-9-3-4-12(11(13)6-9)20(17,18)14-2/h3-6,14-15H,7,13H2,1-2H3. The number of sulfonamides is 1. The summed E-state index contributed by atoms with van der Waals surface area (Å²) in [6, 6.07) is 6.48. The fraction of sp³-hybridized carbons (Fsp3) is 0.250. The van der Waals surface area contributed by atoms with Gasteiger partial charge in [-0.2, -0.15) is 0 Å². The van der Waals surface area contributed by atoms with Crippen LogP contribution in [0.5, 0.6) is 0 Å². The lowest BCUT2D eigenvalue weighted by Crippen LogP contribution is -2.20. The number of benzene rings is 1. The maximum absolute atomic E-state index is 11.7. The van der Waals surface area contributed by atoms with Gasteiger partial charge in [-0.1, -0.05) is 5.16 Å². The van der Waals surface area contributed by atoms with Gasteiger partial charge in [-0.15, -0.1) is 0 Å². The first-order valence-corrected chi connectivity index (χ1v) is 7.40. The number of hydrogen-bond acceptors (Lipinski definition) is 6. The molecular formula is C12H16N4O3S. The topological polar surface area (TPSA) is 110 Å². The molecule has 0 spiro atoms. The van der Waals surface area contributed by atoms with Crippen molar-refractivity contribution in [3.05, 3.63) is 35.7 Å². The van der Waals surface area contributed by atoms with E-state index in [1.807, 2.05) is 13.0 Å². The summed E-state index contributed by atoms with van der Waals surface area (Å²) in [6.07, 6.45) is 0. The van der Waals surface area contributed by atoms with Crippen LogP contribution in [0.15, 0.2) is 33.7 Å². The number of hydrogen-bond donors (Lipinski definition) is 3. The summed E-state index contributed by atoms with van der Waals surface area (Å²) < 4.78 is 30.5. The van der Waals surface area contributed by atoms with E-state index in [0.29, 0.717) is 12.2 Å². The van der Waals surface area contributed by atoms with Gasteiger partial charge in [0.2, 0.25) is 10.0 Å². The molecule has 20 heavy (non-hydrogen) atoms. The molecule has 0 bridgehead atoms. The Bertz CT molecular complexity index is 709. The van der Waals surface area contributed by atoms with Crippen molar-refractivity contribution in [2.45, 2.75) is 18.4 Å². The highest BCUT2D eigenvalue weighted by atomic mass is 32.2. The lowest BCUT2D eigenvalue weighted by atomic mass is 10.2. The van der Waals surface area contributed by atoms with Crippen molar-refractivity contribution < 1.29 is 12.9 Å². The van der Waals surface area contributed by atoms with Gasteiger partial charge in [0.15, 0.2) is 0 Å². The van der Waals surface area contributed by atoms with Crippen molar-refractivity contribution in [3.63, 3.8) is 0 Å². The van der Waals surface area contributed by atoms with Gasteiger partial charge >= 0.3 is 0 Å². The van der Waals surface area contributed by atoms with Crippen LogP contribution in [0.1, 0.15) is 11.5 Å². The maximum Gasteiger partial charge on any atom is 0.242 e. The van der Waals surface area contributed by atoms with Crippen molar-refractivity contribution in [2.75, 3.05) is 18.1 Å². The first-order valence-electron chi connectivity index (χ1n) is 5.91. The lowest BCUT2D eigenvalue weighted by Gasteiger charge is -2.09. The van der Waals surface area contributed by atoms with Gasteiger partial charge in [0, 0.05) is 11.8 Å². The molecule has 0 amide bonds. The predicted molar refractivity (Wildman–Crippen MR) is 75.7 cm³/mol. The van der Waals surface area contributed by atoms with E-state index >= 15 is 0 Å². The average Bonchev–Trinajstić information content (AvgIpc) is 2.82. The molecule has 2 aromatic rings. The SMILES string of the molecule is CNS(=O)(=O)c1ccc(NCc2cc(C)on2)cc1N. The van der Waals surface area contributed by atoms with Gasteiger partial charge in [0.1, 0.15) is 16.3 Å². The monoisotopic (exact) mass is 296 g/mol. The van der Waals surface area contributed by atoms with Crippen LogP contribution in [-0.2, 0) is 16.6 Å². The molecular weight excluding hydrogens is 280 g/mol. The Hall–Kier alpha value is -2.06. The number of anilines is 2. The maximum atomic E-state index is 11.7. The number of nitrogens with zero attached hydrogens (tertiary/aromatic N) is 1. The van der Waals surface area contributed by atoms with E-state index < -0.39 is 10.0 Å². The lowest BCUT2D eigenvalue weighted by molar-refractivity contribution is 0.391. The van der Waals surface area contributed by atoms with E-state index in [1.54, 1.807) is 12.1 Å². The third-order valence-electron chi connectivity index (χ3n) is 2.72. The molecule has 1 aromatic carbocycles. The van der Waals surface area contributed by atoms with Gasteiger partial charge in [-0.05, 0) is 32.2 Å². The van der Waals surface area contributed by atoms with E-state index in [0.717, 1.165) is 11.5 Å². The highest BCUT2D eigenvalue weighted by Gasteiger charge is 2.15. The first kappa shape index (κ1) is 14.4. The number of nitrogens with one attached hydrogen (secondary N) is 2. The molecule has 7 nitrogen and oxygen atoms in total. The molecule has 0 radical (unpaired) electrons. The number of nitrogen functional groups attached to an aromatic ring is 1. The molecule has 8 heteroatoms. The third-order valence-corrected chi connectivity index (χ3v) is 4.21. The zero-order valence-electron chi connectivity index (χ0n) is 11.2. The fourth-order valence-corrected chi connectivity index (χ4v) is 2.54. The van der Waals surface area contributed by atoms with Crippen molar-refractivity contribution >= 4 is 21.4 Å². The molecule has 2 rings (SSSR count). The van der Waals surface area contributed by atoms with Crippen LogP contribution in [0.25, 0.3) is 0 Å². The van der Waals surface area contributed by atoms with Gasteiger partial charge < -0.3 is 15.6 Å². The zero-order valence-corrected chi connectivity index (χ0v) is 12.0. The number of rotatable bonds is 5. The Kier molecular flexibility index (Phi) is 3.96. The minimum Gasteiger partial charge on any atom is -0.398 e. The Morgan fingerprint density at radius 1 is 1.35 bits per heavy atom. The van der Waals surface area contributed by atoms with Crippen LogP contribution in [0.3, 0.4) is 0 Å².